The first-order valence-corrected chi connectivity index (χ1v) is 9.77. The summed E-state index contributed by atoms with van der Waals surface area (Å²) in [5.74, 6) is 0.298. The minimum Gasteiger partial charge on any atom is -0.370 e. The van der Waals surface area contributed by atoms with Crippen molar-refractivity contribution in [3.63, 3.8) is 0 Å². The monoisotopic (exact) mass is 367 g/mol. The number of nitrogens with one attached hydrogen (secondary N) is 1. The van der Waals surface area contributed by atoms with Crippen LogP contribution >= 0.6 is 0 Å². The molecule has 6 nitrogen and oxygen atoms in total. The van der Waals surface area contributed by atoms with Crippen molar-refractivity contribution in [2.45, 2.75) is 32.6 Å². The van der Waals surface area contributed by atoms with Crippen LogP contribution in [0, 0.1) is 6.92 Å². The lowest BCUT2D eigenvalue weighted by Gasteiger charge is -2.32. The summed E-state index contributed by atoms with van der Waals surface area (Å²) in [6.45, 7) is 8.12. The number of hydrogen-bond donors (Lipinski definition) is 1. The maximum atomic E-state index is 12.6. The summed E-state index contributed by atoms with van der Waals surface area (Å²) < 4.78 is 0. The van der Waals surface area contributed by atoms with Crippen molar-refractivity contribution >= 4 is 11.7 Å². The molecular formula is C21H29N5O. The number of anilines is 1. The van der Waals surface area contributed by atoms with Crippen LogP contribution in [-0.4, -0.2) is 53.6 Å². The number of urea groups is 1. The second kappa shape index (κ2) is 9.35. The third-order valence-corrected chi connectivity index (χ3v) is 5.14. The molecule has 0 saturated carbocycles. The van der Waals surface area contributed by atoms with E-state index in [0.717, 1.165) is 44.7 Å². The molecule has 1 fully saturated rings. The van der Waals surface area contributed by atoms with Gasteiger partial charge in [0.05, 0.1) is 0 Å². The largest absolute Gasteiger partial charge is 0.370 e. The number of benzene rings is 1. The maximum Gasteiger partial charge on any atom is 0.317 e. The van der Waals surface area contributed by atoms with E-state index in [-0.39, 0.29) is 6.03 Å². The summed E-state index contributed by atoms with van der Waals surface area (Å²) in [6.07, 6.45) is 5.43. The SMILES string of the molecule is CCN(CCNC(=O)N1CCC[C@H](c2ccncn2)C1)c1cccc(C)c1. The Morgan fingerprint density at radius 2 is 2.26 bits per heavy atom. The van der Waals surface area contributed by atoms with Crippen LogP contribution in [0.4, 0.5) is 10.5 Å². The Labute approximate surface area is 161 Å². The summed E-state index contributed by atoms with van der Waals surface area (Å²) >= 11 is 0. The topological polar surface area (TPSA) is 61.4 Å². The van der Waals surface area contributed by atoms with Crippen molar-refractivity contribution in [3.8, 4) is 0 Å². The van der Waals surface area contributed by atoms with Gasteiger partial charge >= 0.3 is 6.03 Å². The summed E-state index contributed by atoms with van der Waals surface area (Å²) in [4.78, 5) is 25.1. The molecule has 1 N–H and O–H groups in total. The summed E-state index contributed by atoms with van der Waals surface area (Å²) in [5.41, 5.74) is 3.48. The number of amides is 2. The number of piperidine rings is 1. The van der Waals surface area contributed by atoms with Crippen molar-refractivity contribution in [2.24, 2.45) is 0 Å². The van der Waals surface area contributed by atoms with E-state index in [4.69, 9.17) is 0 Å². The molecule has 0 radical (unpaired) electrons. The van der Waals surface area contributed by atoms with Crippen LogP contribution in [0.2, 0.25) is 0 Å². The molecule has 1 aliphatic rings. The van der Waals surface area contributed by atoms with Crippen LogP contribution in [0.1, 0.15) is 36.9 Å². The Balaban J connectivity index is 1.50. The molecule has 1 aromatic carbocycles. The molecule has 0 bridgehead atoms. The first kappa shape index (κ1) is 19.1. The highest BCUT2D eigenvalue weighted by molar-refractivity contribution is 5.74. The predicted octanol–water partition coefficient (Wildman–Crippen LogP) is 3.20. The normalized spacial score (nSPS) is 16.8. The Morgan fingerprint density at radius 3 is 3.00 bits per heavy atom. The lowest BCUT2D eigenvalue weighted by molar-refractivity contribution is 0.179. The van der Waals surface area contributed by atoms with Gasteiger partial charge in [0.2, 0.25) is 0 Å². The van der Waals surface area contributed by atoms with Crippen molar-refractivity contribution in [3.05, 3.63) is 54.1 Å². The van der Waals surface area contributed by atoms with E-state index in [9.17, 15) is 4.79 Å². The van der Waals surface area contributed by atoms with E-state index in [2.05, 4.69) is 58.3 Å². The van der Waals surface area contributed by atoms with E-state index in [1.54, 1.807) is 12.5 Å². The molecule has 0 unspecified atom stereocenters. The van der Waals surface area contributed by atoms with Gasteiger partial charge in [0, 0.05) is 56.2 Å². The fourth-order valence-corrected chi connectivity index (χ4v) is 3.65. The molecule has 144 valence electrons. The Hall–Kier alpha value is -2.63. The van der Waals surface area contributed by atoms with Gasteiger partial charge in [0.15, 0.2) is 0 Å². The molecule has 2 heterocycles. The molecule has 2 amide bonds. The third-order valence-electron chi connectivity index (χ3n) is 5.14. The molecular weight excluding hydrogens is 338 g/mol. The molecule has 6 heteroatoms. The number of likely N-dealkylation sites (N-methyl/N-ethyl adjacent to an activating group) is 1. The Bertz CT molecular complexity index is 736. The predicted molar refractivity (Wildman–Crippen MR) is 108 cm³/mol. The molecule has 27 heavy (non-hydrogen) atoms. The van der Waals surface area contributed by atoms with Crippen LogP contribution in [0.3, 0.4) is 0 Å². The van der Waals surface area contributed by atoms with Gasteiger partial charge in [-0.05, 0) is 50.5 Å². The van der Waals surface area contributed by atoms with Gasteiger partial charge in [-0.2, -0.15) is 0 Å². The van der Waals surface area contributed by atoms with Crippen molar-refractivity contribution in [1.29, 1.82) is 0 Å². The second-order valence-electron chi connectivity index (χ2n) is 7.07. The van der Waals surface area contributed by atoms with Crippen LogP contribution in [0.5, 0.6) is 0 Å². The average Bonchev–Trinajstić information content (AvgIpc) is 2.72. The smallest absolute Gasteiger partial charge is 0.317 e. The Morgan fingerprint density at radius 1 is 1.37 bits per heavy atom. The zero-order chi connectivity index (χ0) is 19.1. The first-order valence-electron chi connectivity index (χ1n) is 9.77. The number of hydrogen-bond acceptors (Lipinski definition) is 4. The lowest BCUT2D eigenvalue weighted by atomic mass is 9.95. The minimum atomic E-state index is 0.0223. The van der Waals surface area contributed by atoms with Gasteiger partial charge in [-0.3, -0.25) is 0 Å². The molecule has 1 saturated heterocycles. The van der Waals surface area contributed by atoms with E-state index in [1.165, 1.54) is 11.3 Å². The zero-order valence-electron chi connectivity index (χ0n) is 16.3. The zero-order valence-corrected chi connectivity index (χ0v) is 16.3. The number of aromatic nitrogens is 2. The second-order valence-corrected chi connectivity index (χ2v) is 7.07. The van der Waals surface area contributed by atoms with Gasteiger partial charge in [-0.15, -0.1) is 0 Å². The molecule has 1 atom stereocenters. The number of carbonyl (C=O) groups is 1. The van der Waals surface area contributed by atoms with Crippen LogP contribution < -0.4 is 10.2 Å². The number of rotatable bonds is 6. The fraction of sp³-hybridized carbons (Fsp3) is 0.476. The van der Waals surface area contributed by atoms with E-state index in [0.29, 0.717) is 12.5 Å². The number of likely N-dealkylation sites (tertiary alicyclic amines) is 1. The average molecular weight is 367 g/mol. The van der Waals surface area contributed by atoms with Crippen molar-refractivity contribution < 1.29 is 4.79 Å². The number of nitrogens with zero attached hydrogens (tertiary/aromatic N) is 4. The van der Waals surface area contributed by atoms with Gasteiger partial charge in [0.25, 0.3) is 0 Å². The van der Waals surface area contributed by atoms with Crippen LogP contribution in [0.15, 0.2) is 42.9 Å². The molecule has 1 aliphatic heterocycles. The minimum absolute atomic E-state index is 0.0223. The molecule has 1 aromatic heterocycles. The summed E-state index contributed by atoms with van der Waals surface area (Å²) in [7, 11) is 0. The van der Waals surface area contributed by atoms with Crippen LogP contribution in [-0.2, 0) is 0 Å². The van der Waals surface area contributed by atoms with E-state index < -0.39 is 0 Å². The highest BCUT2D eigenvalue weighted by Gasteiger charge is 2.25. The third kappa shape index (κ3) is 5.18. The van der Waals surface area contributed by atoms with E-state index >= 15 is 0 Å². The summed E-state index contributed by atoms with van der Waals surface area (Å²) in [6, 6.07) is 10.5. The molecule has 2 aromatic rings. The van der Waals surface area contributed by atoms with Crippen molar-refractivity contribution in [2.75, 3.05) is 37.6 Å². The first-order chi connectivity index (χ1) is 13.2. The molecule has 0 aliphatic carbocycles. The molecule has 3 rings (SSSR count). The highest BCUT2D eigenvalue weighted by Crippen LogP contribution is 2.25. The number of aryl methyl sites for hydroxylation is 1. The van der Waals surface area contributed by atoms with Gasteiger partial charge in [0.1, 0.15) is 6.33 Å². The van der Waals surface area contributed by atoms with Gasteiger partial charge < -0.3 is 15.1 Å². The summed E-state index contributed by atoms with van der Waals surface area (Å²) in [5, 5.41) is 3.09. The Kier molecular flexibility index (Phi) is 6.63. The van der Waals surface area contributed by atoms with Gasteiger partial charge in [-0.1, -0.05) is 12.1 Å². The van der Waals surface area contributed by atoms with Gasteiger partial charge in [-0.25, -0.2) is 14.8 Å². The molecule has 0 spiro atoms. The van der Waals surface area contributed by atoms with Crippen LogP contribution in [0.25, 0.3) is 0 Å². The van der Waals surface area contributed by atoms with E-state index in [1.807, 2.05) is 11.0 Å². The number of carbonyl (C=O) groups excluding carboxylic acids is 1. The quantitative estimate of drug-likeness (QED) is 0.852. The standard InChI is InChI=1S/C21H29N5O/c1-3-25(19-8-4-6-17(2)14-19)13-11-23-21(27)26-12-5-7-18(15-26)20-9-10-22-16-24-20/h4,6,8-10,14,16,18H,3,5,7,11-13,15H2,1-2H3,(H,23,27)/t18-/m0/s1. The highest BCUT2D eigenvalue weighted by atomic mass is 16.2. The maximum absolute atomic E-state index is 12.6. The fourth-order valence-electron chi connectivity index (χ4n) is 3.65. The van der Waals surface area contributed by atoms with Crippen molar-refractivity contribution in [1.82, 2.24) is 20.2 Å². The lowest BCUT2D eigenvalue weighted by Crippen LogP contribution is -2.47.